The van der Waals surface area contributed by atoms with Crippen LogP contribution in [0.25, 0.3) is 0 Å². The van der Waals surface area contributed by atoms with Gasteiger partial charge in [0.25, 0.3) is 0 Å². The molecule has 1 rings (SSSR count). The van der Waals surface area contributed by atoms with Crippen LogP contribution in [-0.4, -0.2) is 37.3 Å². The number of aromatic nitrogens is 2. The Balaban J connectivity index is 2.85. The minimum atomic E-state index is -1.06. The molecule has 0 atom stereocenters. The van der Waals surface area contributed by atoms with Crippen LogP contribution in [0.3, 0.4) is 0 Å². The van der Waals surface area contributed by atoms with Crippen molar-refractivity contribution in [2.75, 3.05) is 0 Å². The Morgan fingerprint density at radius 2 is 2.00 bits per heavy atom. The fraction of sp³-hybridized carbons (Fsp3) is 0.583. The second-order valence-electron chi connectivity index (χ2n) is 5.23. The smallest absolute Gasteiger partial charge is 0.339 e. The van der Waals surface area contributed by atoms with Crippen LogP contribution < -0.4 is 5.32 Å². The fourth-order valence-corrected chi connectivity index (χ4v) is 1.20. The summed E-state index contributed by atoms with van der Waals surface area (Å²) in [6.45, 7) is 7.32. The molecule has 1 heterocycles. The number of hydrogen-bond donors (Lipinski definition) is 3. The zero-order chi connectivity index (χ0) is 14.0. The van der Waals surface area contributed by atoms with Gasteiger partial charge < -0.3 is 15.5 Å². The normalized spacial score (nSPS) is 12.5. The Kier molecular flexibility index (Phi) is 4.03. The van der Waals surface area contributed by atoms with Crippen LogP contribution in [-0.2, 0) is 6.54 Å². The molecule has 0 aromatic carbocycles. The highest BCUT2D eigenvalue weighted by atomic mass is 16.4. The van der Waals surface area contributed by atoms with Crippen molar-refractivity contribution in [3.8, 4) is 0 Å². The summed E-state index contributed by atoms with van der Waals surface area (Å²) in [5.74, 6) is -1.06. The molecule has 1 aromatic rings. The summed E-state index contributed by atoms with van der Waals surface area (Å²) in [5, 5.41) is 22.1. The molecule has 18 heavy (non-hydrogen) atoms. The van der Waals surface area contributed by atoms with Gasteiger partial charge in [0.15, 0.2) is 0 Å². The number of rotatable bonds is 5. The van der Waals surface area contributed by atoms with Crippen molar-refractivity contribution in [1.82, 2.24) is 15.3 Å². The summed E-state index contributed by atoms with van der Waals surface area (Å²) in [4.78, 5) is 18.6. The molecule has 1 aromatic heterocycles. The van der Waals surface area contributed by atoms with E-state index in [2.05, 4.69) is 15.3 Å². The molecule has 0 fully saturated rings. The standard InChI is InChI=1S/C12H19N3O3/c1-11(2,12(3,4)18)15-6-9-8(10(16)17)5-13-7-14-9/h5,7,15,18H,6H2,1-4H3,(H,16,17). The SMILES string of the molecule is CC(C)(O)C(C)(C)NCc1ncncc1C(=O)O. The number of carboxylic acids is 1. The molecular weight excluding hydrogens is 234 g/mol. The highest BCUT2D eigenvalue weighted by Crippen LogP contribution is 2.21. The summed E-state index contributed by atoms with van der Waals surface area (Å²) >= 11 is 0. The monoisotopic (exact) mass is 253 g/mol. The van der Waals surface area contributed by atoms with E-state index < -0.39 is 17.1 Å². The van der Waals surface area contributed by atoms with E-state index in [4.69, 9.17) is 5.11 Å². The summed E-state index contributed by atoms with van der Waals surface area (Å²) in [5.41, 5.74) is -1.05. The minimum absolute atomic E-state index is 0.0662. The van der Waals surface area contributed by atoms with Gasteiger partial charge in [0.1, 0.15) is 11.9 Å². The van der Waals surface area contributed by atoms with Gasteiger partial charge in [-0.15, -0.1) is 0 Å². The number of nitrogens with zero attached hydrogens (tertiary/aromatic N) is 2. The largest absolute Gasteiger partial charge is 0.478 e. The number of aliphatic hydroxyl groups is 1. The van der Waals surface area contributed by atoms with Gasteiger partial charge in [-0.05, 0) is 27.7 Å². The highest BCUT2D eigenvalue weighted by molar-refractivity contribution is 5.88. The van der Waals surface area contributed by atoms with E-state index in [1.54, 1.807) is 13.8 Å². The number of hydrogen-bond acceptors (Lipinski definition) is 5. The molecule has 100 valence electrons. The van der Waals surface area contributed by atoms with Crippen molar-refractivity contribution >= 4 is 5.97 Å². The van der Waals surface area contributed by atoms with Gasteiger partial charge in [-0.3, -0.25) is 0 Å². The summed E-state index contributed by atoms with van der Waals surface area (Å²) in [7, 11) is 0. The maximum Gasteiger partial charge on any atom is 0.339 e. The molecule has 0 bridgehead atoms. The molecule has 0 spiro atoms. The molecule has 0 aliphatic heterocycles. The van der Waals surface area contributed by atoms with Gasteiger partial charge in [0.05, 0.1) is 11.3 Å². The van der Waals surface area contributed by atoms with Crippen LogP contribution in [0.1, 0.15) is 43.7 Å². The predicted molar refractivity (Wildman–Crippen MR) is 66.2 cm³/mol. The number of carboxylic acid groups (broad SMARTS) is 1. The van der Waals surface area contributed by atoms with Crippen molar-refractivity contribution in [2.45, 2.75) is 45.4 Å². The maximum atomic E-state index is 11.0. The van der Waals surface area contributed by atoms with E-state index in [1.165, 1.54) is 12.5 Å². The summed E-state index contributed by atoms with van der Waals surface area (Å²) < 4.78 is 0. The zero-order valence-electron chi connectivity index (χ0n) is 11.1. The van der Waals surface area contributed by atoms with Crippen molar-refractivity contribution in [3.05, 3.63) is 23.8 Å². The van der Waals surface area contributed by atoms with Crippen molar-refractivity contribution in [1.29, 1.82) is 0 Å². The minimum Gasteiger partial charge on any atom is -0.478 e. The third-order valence-corrected chi connectivity index (χ3v) is 3.25. The van der Waals surface area contributed by atoms with E-state index in [9.17, 15) is 9.90 Å². The number of carbonyl (C=O) groups is 1. The second-order valence-corrected chi connectivity index (χ2v) is 5.23. The van der Waals surface area contributed by atoms with E-state index in [0.29, 0.717) is 5.69 Å². The lowest BCUT2D eigenvalue weighted by Gasteiger charge is -2.38. The molecule has 0 radical (unpaired) electrons. The lowest BCUT2D eigenvalue weighted by Crippen LogP contribution is -2.55. The van der Waals surface area contributed by atoms with Gasteiger partial charge >= 0.3 is 5.97 Å². The Bertz CT molecular complexity index is 438. The Morgan fingerprint density at radius 1 is 1.39 bits per heavy atom. The van der Waals surface area contributed by atoms with Crippen molar-refractivity contribution in [2.24, 2.45) is 0 Å². The molecule has 0 saturated heterocycles. The van der Waals surface area contributed by atoms with E-state index >= 15 is 0 Å². The second kappa shape index (κ2) is 4.99. The van der Waals surface area contributed by atoms with E-state index in [0.717, 1.165) is 0 Å². The number of aromatic carboxylic acids is 1. The van der Waals surface area contributed by atoms with Gasteiger partial charge in [-0.1, -0.05) is 0 Å². The molecule has 0 amide bonds. The Morgan fingerprint density at radius 3 is 2.50 bits per heavy atom. The lowest BCUT2D eigenvalue weighted by molar-refractivity contribution is -0.00548. The van der Waals surface area contributed by atoms with Crippen molar-refractivity contribution in [3.63, 3.8) is 0 Å². The average Bonchev–Trinajstić information content (AvgIpc) is 2.25. The molecule has 0 aliphatic rings. The predicted octanol–water partition coefficient (Wildman–Crippen LogP) is 0.814. The molecule has 3 N–H and O–H groups in total. The van der Waals surface area contributed by atoms with E-state index in [-0.39, 0.29) is 12.1 Å². The molecule has 6 heteroatoms. The molecule has 0 saturated carbocycles. The van der Waals surface area contributed by atoms with Gasteiger partial charge in [-0.2, -0.15) is 0 Å². The van der Waals surface area contributed by atoms with Crippen molar-refractivity contribution < 1.29 is 15.0 Å². The van der Waals surface area contributed by atoms with E-state index in [1.807, 2.05) is 13.8 Å². The lowest BCUT2D eigenvalue weighted by atomic mass is 9.86. The summed E-state index contributed by atoms with van der Waals surface area (Å²) in [6, 6.07) is 0. The van der Waals surface area contributed by atoms with Gasteiger partial charge in [0.2, 0.25) is 0 Å². The third kappa shape index (κ3) is 3.24. The van der Waals surface area contributed by atoms with Gasteiger partial charge in [0, 0.05) is 18.3 Å². The first-order chi connectivity index (χ1) is 8.15. The third-order valence-electron chi connectivity index (χ3n) is 3.25. The van der Waals surface area contributed by atoms with Crippen LogP contribution in [0, 0.1) is 0 Å². The van der Waals surface area contributed by atoms with Crippen LogP contribution in [0.2, 0.25) is 0 Å². The first kappa shape index (κ1) is 14.5. The Hall–Kier alpha value is -1.53. The van der Waals surface area contributed by atoms with Gasteiger partial charge in [-0.25, -0.2) is 14.8 Å². The van der Waals surface area contributed by atoms with Crippen LogP contribution in [0.15, 0.2) is 12.5 Å². The number of nitrogens with one attached hydrogen (secondary N) is 1. The zero-order valence-corrected chi connectivity index (χ0v) is 11.1. The van der Waals surface area contributed by atoms with Crippen LogP contribution in [0.4, 0.5) is 0 Å². The Labute approximate surface area is 106 Å². The van der Waals surface area contributed by atoms with Crippen LogP contribution >= 0.6 is 0 Å². The molecule has 0 unspecified atom stereocenters. The maximum absolute atomic E-state index is 11.0. The quantitative estimate of drug-likeness (QED) is 0.719. The first-order valence-corrected chi connectivity index (χ1v) is 5.65. The average molecular weight is 253 g/mol. The molecule has 0 aliphatic carbocycles. The topological polar surface area (TPSA) is 95.3 Å². The summed E-state index contributed by atoms with van der Waals surface area (Å²) in [6.07, 6.45) is 2.57. The molecule has 6 nitrogen and oxygen atoms in total. The molecular formula is C12H19N3O3. The van der Waals surface area contributed by atoms with Crippen LogP contribution in [0.5, 0.6) is 0 Å². The first-order valence-electron chi connectivity index (χ1n) is 5.65. The highest BCUT2D eigenvalue weighted by Gasteiger charge is 2.34. The fourth-order valence-electron chi connectivity index (χ4n) is 1.20.